The molecule has 7 nitrogen and oxygen atoms in total. The molecule has 0 aliphatic carbocycles. The molecule has 0 unspecified atom stereocenters. The predicted molar refractivity (Wildman–Crippen MR) is 58.0 cm³/mol. The van der Waals surface area contributed by atoms with E-state index in [9.17, 15) is 22.9 Å². The number of nitrogens with zero attached hydrogens (tertiary/aromatic N) is 1. The second-order valence-corrected chi connectivity index (χ2v) is 5.44. The average Bonchev–Trinajstić information content (AvgIpc) is 2.23. The minimum Gasteiger partial charge on any atom is -0.378 e. The maximum atomic E-state index is 13.3. The van der Waals surface area contributed by atoms with Crippen molar-refractivity contribution >= 4 is 15.7 Å². The fourth-order valence-electron chi connectivity index (χ4n) is 1.39. The monoisotopic (exact) mass is 276 g/mol. The van der Waals surface area contributed by atoms with E-state index in [2.05, 4.69) is 4.72 Å². The predicted octanol–water partition coefficient (Wildman–Crippen LogP) is 0.411. The minimum absolute atomic E-state index is 0.259. The van der Waals surface area contributed by atoms with Gasteiger partial charge in [-0.15, -0.1) is 0 Å². The summed E-state index contributed by atoms with van der Waals surface area (Å²) in [7, 11) is -3.88. The number of hydrogen-bond acceptors (Lipinski definition) is 5. The van der Waals surface area contributed by atoms with Crippen LogP contribution in [0.15, 0.2) is 23.1 Å². The van der Waals surface area contributed by atoms with Gasteiger partial charge in [0.25, 0.3) is 0 Å². The molecule has 1 saturated heterocycles. The van der Waals surface area contributed by atoms with Gasteiger partial charge in [-0.2, -0.15) is 4.39 Å². The van der Waals surface area contributed by atoms with Gasteiger partial charge in [-0.1, -0.05) is 0 Å². The summed E-state index contributed by atoms with van der Waals surface area (Å²) in [4.78, 5) is 9.13. The molecule has 0 atom stereocenters. The Kier molecular flexibility index (Phi) is 3.28. The molecule has 1 aliphatic rings. The molecule has 0 amide bonds. The lowest BCUT2D eigenvalue weighted by molar-refractivity contribution is -0.387. The molecule has 1 N–H and O–H groups in total. The summed E-state index contributed by atoms with van der Waals surface area (Å²) >= 11 is 0. The van der Waals surface area contributed by atoms with Gasteiger partial charge in [-0.25, -0.2) is 13.1 Å². The summed E-state index contributed by atoms with van der Waals surface area (Å²) in [5.41, 5.74) is -0.763. The molecule has 1 aromatic rings. The van der Waals surface area contributed by atoms with Gasteiger partial charge in [-0.3, -0.25) is 10.1 Å². The van der Waals surface area contributed by atoms with Crippen molar-refractivity contribution in [1.29, 1.82) is 0 Å². The van der Waals surface area contributed by atoms with Crippen LogP contribution in [0.3, 0.4) is 0 Å². The Bertz CT molecular complexity index is 585. The van der Waals surface area contributed by atoms with Crippen LogP contribution in [0.4, 0.5) is 10.1 Å². The SMILES string of the molecule is O=[N+]([O-])c1ccc(S(=O)(=O)NC2COC2)cc1F. The summed E-state index contributed by atoms with van der Waals surface area (Å²) in [6.07, 6.45) is 0. The number of nitro benzene ring substituents is 1. The zero-order valence-corrected chi connectivity index (χ0v) is 9.81. The molecular formula is C9H9FN2O5S. The first-order valence-electron chi connectivity index (χ1n) is 4.94. The Morgan fingerprint density at radius 2 is 2.11 bits per heavy atom. The van der Waals surface area contributed by atoms with Crippen LogP contribution in [-0.2, 0) is 14.8 Å². The quantitative estimate of drug-likeness (QED) is 0.634. The number of nitro groups is 1. The second-order valence-electron chi connectivity index (χ2n) is 3.73. The highest BCUT2D eigenvalue weighted by Crippen LogP contribution is 2.21. The first-order valence-corrected chi connectivity index (χ1v) is 6.42. The highest BCUT2D eigenvalue weighted by atomic mass is 32.2. The maximum Gasteiger partial charge on any atom is 0.304 e. The lowest BCUT2D eigenvalue weighted by Gasteiger charge is -2.26. The number of nitrogens with one attached hydrogen (secondary N) is 1. The van der Waals surface area contributed by atoms with Crippen LogP contribution in [0, 0.1) is 15.9 Å². The first kappa shape index (κ1) is 12.9. The standard InChI is InChI=1S/C9H9FN2O5S/c10-8-3-7(1-2-9(8)12(13)14)18(15,16)11-6-4-17-5-6/h1-3,6,11H,4-5H2. The van der Waals surface area contributed by atoms with Crippen LogP contribution in [-0.4, -0.2) is 32.6 Å². The third-order valence-corrected chi connectivity index (χ3v) is 3.90. The van der Waals surface area contributed by atoms with Crippen LogP contribution in [0.5, 0.6) is 0 Å². The van der Waals surface area contributed by atoms with Gasteiger partial charge in [0.1, 0.15) is 0 Å². The number of halogens is 1. The van der Waals surface area contributed by atoms with Crippen molar-refractivity contribution in [3.8, 4) is 0 Å². The number of rotatable bonds is 4. The molecule has 1 fully saturated rings. The van der Waals surface area contributed by atoms with Gasteiger partial charge in [-0.05, 0) is 6.07 Å². The Morgan fingerprint density at radius 3 is 2.56 bits per heavy atom. The number of hydrogen-bond donors (Lipinski definition) is 1. The third kappa shape index (κ3) is 2.47. The van der Waals surface area contributed by atoms with Gasteiger partial charge >= 0.3 is 5.69 Å². The van der Waals surface area contributed by atoms with Gasteiger partial charge in [0.15, 0.2) is 0 Å². The van der Waals surface area contributed by atoms with Crippen molar-refractivity contribution in [2.24, 2.45) is 0 Å². The lowest BCUT2D eigenvalue weighted by Crippen LogP contribution is -2.48. The Morgan fingerprint density at radius 1 is 1.44 bits per heavy atom. The molecule has 18 heavy (non-hydrogen) atoms. The van der Waals surface area contributed by atoms with Crippen molar-refractivity contribution in [3.63, 3.8) is 0 Å². The minimum atomic E-state index is -3.88. The summed E-state index contributed by atoms with van der Waals surface area (Å²) in [5, 5.41) is 10.4. The normalized spacial score (nSPS) is 16.3. The fourth-order valence-corrected chi connectivity index (χ4v) is 2.61. The maximum absolute atomic E-state index is 13.3. The number of benzene rings is 1. The van der Waals surface area contributed by atoms with Crippen LogP contribution < -0.4 is 4.72 Å². The molecule has 0 spiro atoms. The van der Waals surface area contributed by atoms with E-state index in [1.54, 1.807) is 0 Å². The van der Waals surface area contributed by atoms with Crippen molar-refractivity contribution in [1.82, 2.24) is 4.72 Å². The van der Waals surface area contributed by atoms with Crippen LogP contribution in [0.2, 0.25) is 0 Å². The fraction of sp³-hybridized carbons (Fsp3) is 0.333. The van der Waals surface area contributed by atoms with E-state index in [0.717, 1.165) is 12.1 Å². The van der Waals surface area contributed by atoms with E-state index in [1.165, 1.54) is 0 Å². The molecule has 98 valence electrons. The molecule has 0 aromatic heterocycles. The van der Waals surface area contributed by atoms with E-state index in [1.807, 2.05) is 0 Å². The van der Waals surface area contributed by atoms with Crippen molar-refractivity contribution in [2.75, 3.05) is 13.2 Å². The van der Waals surface area contributed by atoms with Crippen molar-refractivity contribution in [2.45, 2.75) is 10.9 Å². The molecule has 1 heterocycles. The number of ether oxygens (including phenoxy) is 1. The summed E-state index contributed by atoms with van der Waals surface area (Å²) in [5.74, 6) is -1.19. The third-order valence-electron chi connectivity index (χ3n) is 2.39. The van der Waals surface area contributed by atoms with Crippen molar-refractivity contribution in [3.05, 3.63) is 34.1 Å². The highest BCUT2D eigenvalue weighted by molar-refractivity contribution is 7.89. The van der Waals surface area contributed by atoms with Crippen LogP contribution in [0.1, 0.15) is 0 Å². The van der Waals surface area contributed by atoms with E-state index in [-0.39, 0.29) is 24.2 Å². The second kappa shape index (κ2) is 4.59. The molecule has 1 aliphatic heterocycles. The van der Waals surface area contributed by atoms with E-state index in [0.29, 0.717) is 6.07 Å². The lowest BCUT2D eigenvalue weighted by atomic mass is 10.3. The Labute approximate surface area is 102 Å². The molecule has 0 radical (unpaired) electrons. The highest BCUT2D eigenvalue weighted by Gasteiger charge is 2.27. The Hall–Kier alpha value is -1.58. The van der Waals surface area contributed by atoms with Gasteiger partial charge in [0.2, 0.25) is 15.8 Å². The largest absolute Gasteiger partial charge is 0.378 e. The summed E-state index contributed by atoms with van der Waals surface area (Å²) in [6.45, 7) is 0.517. The molecule has 2 rings (SSSR count). The number of sulfonamides is 1. The Balaban J connectivity index is 2.27. The average molecular weight is 276 g/mol. The van der Waals surface area contributed by atoms with E-state index in [4.69, 9.17) is 4.74 Å². The van der Waals surface area contributed by atoms with E-state index < -0.39 is 26.5 Å². The van der Waals surface area contributed by atoms with Gasteiger partial charge < -0.3 is 4.74 Å². The molecule has 1 aromatic carbocycles. The first-order chi connectivity index (χ1) is 8.40. The summed E-state index contributed by atoms with van der Waals surface area (Å²) < 4.78 is 43.9. The zero-order chi connectivity index (χ0) is 13.3. The van der Waals surface area contributed by atoms with Gasteiger partial charge in [0.05, 0.1) is 29.1 Å². The zero-order valence-electron chi connectivity index (χ0n) is 9.00. The van der Waals surface area contributed by atoms with Crippen LogP contribution >= 0.6 is 0 Å². The molecule has 0 saturated carbocycles. The van der Waals surface area contributed by atoms with Crippen molar-refractivity contribution < 1.29 is 22.5 Å². The molecule has 0 bridgehead atoms. The molecular weight excluding hydrogens is 267 g/mol. The van der Waals surface area contributed by atoms with Gasteiger partial charge in [0, 0.05) is 12.1 Å². The smallest absolute Gasteiger partial charge is 0.304 e. The summed E-state index contributed by atoms with van der Waals surface area (Å²) in [6, 6.07) is 2.10. The van der Waals surface area contributed by atoms with E-state index >= 15 is 0 Å². The molecule has 9 heteroatoms. The van der Waals surface area contributed by atoms with Crippen LogP contribution in [0.25, 0.3) is 0 Å². The topological polar surface area (TPSA) is 98.5 Å².